The maximum Gasteiger partial charge on any atom is 0.258 e. The number of rotatable bonds is 1. The Labute approximate surface area is 72.0 Å². The Morgan fingerprint density at radius 3 is 3.17 bits per heavy atom. The van der Waals surface area contributed by atoms with Crippen LogP contribution in [-0.2, 0) is 0 Å². The number of pyridine rings is 1. The third-order valence-corrected chi connectivity index (χ3v) is 1.89. The number of nitrogens with zero attached hydrogens (tertiary/aromatic N) is 2. The van der Waals surface area contributed by atoms with Crippen LogP contribution in [0.4, 0.5) is 4.39 Å². The molecule has 0 saturated heterocycles. The number of aromatic nitrogens is 2. The lowest BCUT2D eigenvalue weighted by atomic mass is 10.4. The van der Waals surface area contributed by atoms with E-state index in [0.29, 0.717) is 16.5 Å². The van der Waals surface area contributed by atoms with Crippen LogP contribution < -0.4 is 0 Å². The first-order valence-corrected chi connectivity index (χ1v) is 4.48. The van der Waals surface area contributed by atoms with Crippen LogP contribution in [0.3, 0.4) is 0 Å². The maximum atomic E-state index is 12.6. The number of fused-ring (bicyclic) bond motifs is 1. The number of halogens is 1. The molecule has 0 atom stereocenters. The van der Waals surface area contributed by atoms with Crippen LogP contribution in [0.1, 0.15) is 0 Å². The van der Waals surface area contributed by atoms with Crippen molar-refractivity contribution in [2.75, 3.05) is 6.26 Å². The normalized spacial score (nSPS) is 10.8. The van der Waals surface area contributed by atoms with E-state index >= 15 is 0 Å². The average Bonchev–Trinajstić information content (AvgIpc) is 2.46. The van der Waals surface area contributed by atoms with Gasteiger partial charge in [-0.15, -0.1) is 0 Å². The summed E-state index contributed by atoms with van der Waals surface area (Å²) in [5.74, 6) is -0.400. The molecule has 62 valence electrons. The third kappa shape index (κ3) is 1.16. The van der Waals surface area contributed by atoms with E-state index in [0.717, 1.165) is 6.20 Å². The van der Waals surface area contributed by atoms with E-state index in [-0.39, 0.29) is 0 Å². The van der Waals surface area contributed by atoms with E-state index < -0.39 is 5.82 Å². The molecule has 0 bridgehead atoms. The van der Waals surface area contributed by atoms with Gasteiger partial charge in [-0.1, -0.05) is 11.8 Å². The summed E-state index contributed by atoms with van der Waals surface area (Å²) in [6.45, 7) is 0. The van der Waals surface area contributed by atoms with Crippen LogP contribution in [0.2, 0.25) is 0 Å². The van der Waals surface area contributed by atoms with Crippen molar-refractivity contribution in [2.24, 2.45) is 0 Å². The maximum absolute atomic E-state index is 12.6. The molecule has 0 aromatic carbocycles. The minimum Gasteiger partial charge on any atom is -0.412 e. The largest absolute Gasteiger partial charge is 0.412 e. The van der Waals surface area contributed by atoms with Gasteiger partial charge in [0.15, 0.2) is 0 Å². The van der Waals surface area contributed by atoms with Crippen molar-refractivity contribution < 1.29 is 8.81 Å². The highest BCUT2D eigenvalue weighted by Crippen LogP contribution is 2.19. The number of oxazole rings is 1. The minimum absolute atomic E-state index is 0.376. The van der Waals surface area contributed by atoms with Crippen LogP contribution in [-0.4, -0.2) is 16.2 Å². The Morgan fingerprint density at radius 2 is 2.42 bits per heavy atom. The number of thioether (sulfide) groups is 1. The van der Waals surface area contributed by atoms with Crippen LogP contribution in [0.25, 0.3) is 11.2 Å². The second-order valence-electron chi connectivity index (χ2n) is 2.16. The second-order valence-corrected chi connectivity index (χ2v) is 2.92. The van der Waals surface area contributed by atoms with Crippen LogP contribution in [0.15, 0.2) is 21.9 Å². The summed E-state index contributed by atoms with van der Waals surface area (Å²) in [5, 5.41) is 0.503. The van der Waals surface area contributed by atoms with E-state index in [1.54, 1.807) is 0 Å². The van der Waals surface area contributed by atoms with Gasteiger partial charge in [0.05, 0.1) is 6.20 Å². The van der Waals surface area contributed by atoms with Gasteiger partial charge >= 0.3 is 0 Å². The minimum atomic E-state index is -0.400. The fourth-order valence-electron chi connectivity index (χ4n) is 0.866. The summed E-state index contributed by atoms with van der Waals surface area (Å²) in [6.07, 6.45) is 2.94. The monoisotopic (exact) mass is 184 g/mol. The van der Waals surface area contributed by atoms with Crippen molar-refractivity contribution in [1.82, 2.24) is 9.97 Å². The van der Waals surface area contributed by atoms with Crippen LogP contribution in [0, 0.1) is 5.82 Å². The van der Waals surface area contributed by atoms with Crippen molar-refractivity contribution >= 4 is 23.0 Å². The van der Waals surface area contributed by atoms with Crippen LogP contribution in [0.5, 0.6) is 0 Å². The van der Waals surface area contributed by atoms with Crippen molar-refractivity contribution in [3.63, 3.8) is 0 Å². The zero-order valence-electron chi connectivity index (χ0n) is 6.24. The highest BCUT2D eigenvalue weighted by molar-refractivity contribution is 7.98. The smallest absolute Gasteiger partial charge is 0.258 e. The molecule has 0 aliphatic rings. The summed E-state index contributed by atoms with van der Waals surface area (Å²) in [4.78, 5) is 7.72. The Morgan fingerprint density at radius 1 is 1.58 bits per heavy atom. The summed E-state index contributed by atoms with van der Waals surface area (Å²) in [5.41, 5.74) is 0.833. The fourth-order valence-corrected chi connectivity index (χ4v) is 1.22. The van der Waals surface area contributed by atoms with Gasteiger partial charge in [0.2, 0.25) is 5.71 Å². The molecule has 0 spiro atoms. The van der Waals surface area contributed by atoms with Crippen LogP contribution >= 0.6 is 11.8 Å². The molecule has 0 aliphatic heterocycles. The molecule has 2 aromatic rings. The van der Waals surface area contributed by atoms with Gasteiger partial charge in [-0.05, 0) is 6.26 Å². The second kappa shape index (κ2) is 2.75. The summed E-state index contributed by atoms with van der Waals surface area (Å²) < 4.78 is 17.7. The lowest BCUT2D eigenvalue weighted by molar-refractivity contribution is 0.481. The third-order valence-electron chi connectivity index (χ3n) is 1.37. The predicted molar refractivity (Wildman–Crippen MR) is 43.5 cm³/mol. The first-order chi connectivity index (χ1) is 5.79. The molecule has 0 amide bonds. The molecule has 2 heterocycles. The molecule has 12 heavy (non-hydrogen) atoms. The van der Waals surface area contributed by atoms with Crippen molar-refractivity contribution in [3.8, 4) is 0 Å². The molecule has 2 rings (SSSR count). The molecule has 0 aliphatic carbocycles. The van der Waals surface area contributed by atoms with E-state index in [1.165, 1.54) is 17.8 Å². The summed E-state index contributed by atoms with van der Waals surface area (Å²) >= 11 is 1.36. The summed E-state index contributed by atoms with van der Waals surface area (Å²) in [6, 6.07) is 1.30. The molecule has 0 radical (unpaired) electrons. The molecule has 0 N–H and O–H groups in total. The Bertz CT molecular complexity index is 415. The zero-order valence-corrected chi connectivity index (χ0v) is 7.06. The zero-order chi connectivity index (χ0) is 8.55. The first kappa shape index (κ1) is 7.54. The Balaban J connectivity index is 2.67. The van der Waals surface area contributed by atoms with Gasteiger partial charge in [-0.25, -0.2) is 14.4 Å². The first-order valence-electron chi connectivity index (χ1n) is 3.25. The average molecular weight is 184 g/mol. The quantitative estimate of drug-likeness (QED) is 0.636. The predicted octanol–water partition coefficient (Wildman–Crippen LogP) is 2.08. The van der Waals surface area contributed by atoms with Gasteiger partial charge < -0.3 is 4.42 Å². The van der Waals surface area contributed by atoms with Gasteiger partial charge in [0, 0.05) is 6.07 Å². The molecule has 0 unspecified atom stereocenters. The lowest BCUT2D eigenvalue weighted by Gasteiger charge is -1.83. The van der Waals surface area contributed by atoms with Crippen molar-refractivity contribution in [2.45, 2.75) is 5.22 Å². The SMILES string of the molecule is CSc1nc2cc(F)cnc2o1. The van der Waals surface area contributed by atoms with E-state index in [4.69, 9.17) is 4.42 Å². The Hall–Kier alpha value is -1.10. The van der Waals surface area contributed by atoms with Gasteiger partial charge in [0.1, 0.15) is 11.3 Å². The molecule has 2 aromatic heterocycles. The van der Waals surface area contributed by atoms with Crippen molar-refractivity contribution in [1.29, 1.82) is 0 Å². The highest BCUT2D eigenvalue weighted by atomic mass is 32.2. The fraction of sp³-hybridized carbons (Fsp3) is 0.143. The summed E-state index contributed by atoms with van der Waals surface area (Å²) in [7, 11) is 0. The Kier molecular flexibility index (Phi) is 1.73. The molecular formula is C7H5FN2OS. The molecule has 3 nitrogen and oxygen atoms in total. The number of hydrogen-bond acceptors (Lipinski definition) is 4. The van der Waals surface area contributed by atoms with E-state index in [1.807, 2.05) is 6.26 Å². The molecule has 5 heteroatoms. The number of hydrogen-bond donors (Lipinski definition) is 0. The molecule has 0 fully saturated rings. The molecule has 0 saturated carbocycles. The topological polar surface area (TPSA) is 38.9 Å². The van der Waals surface area contributed by atoms with Gasteiger partial charge in [-0.3, -0.25) is 0 Å². The lowest BCUT2D eigenvalue weighted by Crippen LogP contribution is -1.77. The van der Waals surface area contributed by atoms with Gasteiger partial charge in [0.25, 0.3) is 5.22 Å². The van der Waals surface area contributed by atoms with Gasteiger partial charge in [-0.2, -0.15) is 0 Å². The van der Waals surface area contributed by atoms with Crippen molar-refractivity contribution in [3.05, 3.63) is 18.1 Å². The highest BCUT2D eigenvalue weighted by Gasteiger charge is 2.05. The standard InChI is InChI=1S/C7H5FN2OS/c1-12-7-10-5-2-4(8)3-9-6(5)11-7/h2-3H,1H3. The molecular weight excluding hydrogens is 179 g/mol. The van der Waals surface area contributed by atoms with E-state index in [9.17, 15) is 4.39 Å². The van der Waals surface area contributed by atoms with E-state index in [2.05, 4.69) is 9.97 Å².